The molecule has 0 N–H and O–H groups in total. The molecule has 6 heteroatoms. The number of unbranched alkanes of at least 4 members (excludes halogenated alkanes) is 21. The minimum Gasteiger partial charge on any atom is -0.462 e. The van der Waals surface area contributed by atoms with Crippen LogP contribution in [0.5, 0.6) is 0 Å². The van der Waals surface area contributed by atoms with Gasteiger partial charge in [-0.2, -0.15) is 0 Å². The molecule has 1 atom stereocenters. The summed E-state index contributed by atoms with van der Waals surface area (Å²) in [5.74, 6) is -0.969. The molecule has 0 rings (SSSR count). The van der Waals surface area contributed by atoms with Crippen LogP contribution < -0.4 is 0 Å². The van der Waals surface area contributed by atoms with Crippen molar-refractivity contribution in [2.24, 2.45) is 0 Å². The summed E-state index contributed by atoms with van der Waals surface area (Å²) < 4.78 is 16.6. The predicted molar refractivity (Wildman–Crippen MR) is 224 cm³/mol. The maximum atomic E-state index is 12.7. The zero-order chi connectivity index (χ0) is 38.7. The van der Waals surface area contributed by atoms with Crippen LogP contribution in [-0.2, 0) is 28.6 Å². The van der Waals surface area contributed by atoms with Crippen molar-refractivity contribution in [3.05, 3.63) is 48.6 Å². The molecular weight excluding hydrogens is 661 g/mol. The van der Waals surface area contributed by atoms with Gasteiger partial charge in [0.2, 0.25) is 0 Å². The molecule has 0 fully saturated rings. The van der Waals surface area contributed by atoms with Crippen molar-refractivity contribution in [2.45, 2.75) is 219 Å². The van der Waals surface area contributed by atoms with Gasteiger partial charge in [-0.1, -0.05) is 159 Å². The van der Waals surface area contributed by atoms with Gasteiger partial charge >= 0.3 is 17.9 Å². The van der Waals surface area contributed by atoms with Gasteiger partial charge < -0.3 is 14.2 Å². The van der Waals surface area contributed by atoms with Crippen LogP contribution in [0, 0.1) is 0 Å². The molecule has 0 aromatic carbocycles. The van der Waals surface area contributed by atoms with E-state index >= 15 is 0 Å². The molecule has 0 bridgehead atoms. The average molecular weight is 743 g/mol. The highest BCUT2D eigenvalue weighted by molar-refractivity contribution is 5.71. The summed E-state index contributed by atoms with van der Waals surface area (Å²) >= 11 is 0. The molecule has 0 aliphatic rings. The van der Waals surface area contributed by atoms with Gasteiger partial charge in [-0.3, -0.25) is 14.4 Å². The van der Waals surface area contributed by atoms with Crippen LogP contribution in [-0.4, -0.2) is 37.2 Å². The molecule has 0 saturated carbocycles. The smallest absolute Gasteiger partial charge is 0.306 e. The molecule has 0 aromatic rings. The highest BCUT2D eigenvalue weighted by atomic mass is 16.6. The number of rotatable bonds is 39. The van der Waals surface area contributed by atoms with E-state index in [-0.39, 0.29) is 31.1 Å². The van der Waals surface area contributed by atoms with Crippen molar-refractivity contribution in [3.8, 4) is 0 Å². The molecule has 6 nitrogen and oxygen atoms in total. The van der Waals surface area contributed by atoms with E-state index in [2.05, 4.69) is 69.4 Å². The Hall–Kier alpha value is -2.63. The minimum atomic E-state index is -0.795. The van der Waals surface area contributed by atoms with Crippen LogP contribution in [0.15, 0.2) is 48.6 Å². The van der Waals surface area contributed by atoms with Gasteiger partial charge in [-0.05, 0) is 83.5 Å². The topological polar surface area (TPSA) is 78.9 Å². The molecule has 0 aliphatic carbocycles. The zero-order valence-electron chi connectivity index (χ0n) is 34.8. The summed E-state index contributed by atoms with van der Waals surface area (Å²) in [5, 5.41) is 0. The third-order valence-electron chi connectivity index (χ3n) is 9.30. The van der Waals surface area contributed by atoms with Gasteiger partial charge in [0.15, 0.2) is 6.10 Å². The Bertz CT molecular complexity index is 949. The van der Waals surface area contributed by atoms with Gasteiger partial charge in [-0.15, -0.1) is 0 Å². The molecule has 0 saturated heterocycles. The van der Waals surface area contributed by atoms with Crippen LogP contribution in [0.2, 0.25) is 0 Å². The Morgan fingerprint density at radius 1 is 0.377 bits per heavy atom. The van der Waals surface area contributed by atoms with E-state index in [0.29, 0.717) is 25.7 Å². The van der Waals surface area contributed by atoms with Crippen molar-refractivity contribution < 1.29 is 28.6 Å². The maximum absolute atomic E-state index is 12.7. The Labute approximate surface area is 327 Å². The number of allylic oxidation sites excluding steroid dienone is 8. The average Bonchev–Trinajstić information content (AvgIpc) is 3.15. The second-order valence-electron chi connectivity index (χ2n) is 14.6. The van der Waals surface area contributed by atoms with Crippen LogP contribution in [0.25, 0.3) is 0 Å². The zero-order valence-corrected chi connectivity index (χ0v) is 34.8. The Kier molecular flexibility index (Phi) is 40.0. The van der Waals surface area contributed by atoms with Crippen molar-refractivity contribution in [1.82, 2.24) is 0 Å². The lowest BCUT2D eigenvalue weighted by Gasteiger charge is -2.18. The normalized spacial score (nSPS) is 12.4. The third-order valence-corrected chi connectivity index (χ3v) is 9.30. The van der Waals surface area contributed by atoms with E-state index in [0.717, 1.165) is 64.2 Å². The van der Waals surface area contributed by atoms with Gasteiger partial charge in [0, 0.05) is 19.3 Å². The van der Waals surface area contributed by atoms with Gasteiger partial charge in [0.1, 0.15) is 13.2 Å². The number of hydrogen-bond donors (Lipinski definition) is 0. The molecule has 306 valence electrons. The molecular formula is C47H82O6. The van der Waals surface area contributed by atoms with E-state index in [1.807, 2.05) is 0 Å². The Morgan fingerprint density at radius 2 is 0.717 bits per heavy atom. The first-order valence-electron chi connectivity index (χ1n) is 22.2. The van der Waals surface area contributed by atoms with E-state index < -0.39 is 6.10 Å². The molecule has 0 aliphatic heterocycles. The monoisotopic (exact) mass is 743 g/mol. The molecule has 0 amide bonds. The van der Waals surface area contributed by atoms with E-state index in [1.54, 1.807) is 0 Å². The van der Waals surface area contributed by atoms with Crippen molar-refractivity contribution in [3.63, 3.8) is 0 Å². The first-order valence-corrected chi connectivity index (χ1v) is 22.2. The maximum Gasteiger partial charge on any atom is 0.306 e. The van der Waals surface area contributed by atoms with Crippen LogP contribution in [0.1, 0.15) is 213 Å². The second-order valence-corrected chi connectivity index (χ2v) is 14.6. The van der Waals surface area contributed by atoms with Crippen molar-refractivity contribution in [2.75, 3.05) is 13.2 Å². The summed E-state index contributed by atoms with van der Waals surface area (Å²) in [6, 6.07) is 0. The standard InChI is InChI=1S/C47H82O6/c1-4-7-10-13-16-19-21-22-23-24-26-28-31-34-37-40-46(49)52-43-44(42-51-45(48)39-36-33-30-27-18-15-12-9-6-3)53-47(50)41-38-35-32-29-25-20-17-14-11-8-5-2/h14,17,19-21,25,27,30,44H,4-13,15-16,18,22-24,26,28-29,31-43H2,1-3H3/b17-14-,21-19-,25-20-,30-27-. The van der Waals surface area contributed by atoms with E-state index in [9.17, 15) is 14.4 Å². The first-order chi connectivity index (χ1) is 26.0. The predicted octanol–water partition coefficient (Wildman–Crippen LogP) is 14.0. The summed E-state index contributed by atoms with van der Waals surface area (Å²) in [6.07, 6.45) is 48.2. The summed E-state index contributed by atoms with van der Waals surface area (Å²) in [5.41, 5.74) is 0. The molecule has 0 aromatic heterocycles. The lowest BCUT2D eigenvalue weighted by atomic mass is 10.1. The van der Waals surface area contributed by atoms with Gasteiger partial charge in [0.25, 0.3) is 0 Å². The van der Waals surface area contributed by atoms with Crippen LogP contribution >= 0.6 is 0 Å². The van der Waals surface area contributed by atoms with Crippen molar-refractivity contribution in [1.29, 1.82) is 0 Å². The van der Waals surface area contributed by atoms with Crippen molar-refractivity contribution >= 4 is 17.9 Å². The largest absolute Gasteiger partial charge is 0.462 e. The van der Waals surface area contributed by atoms with Gasteiger partial charge in [-0.25, -0.2) is 0 Å². The van der Waals surface area contributed by atoms with Crippen LogP contribution in [0.3, 0.4) is 0 Å². The molecule has 53 heavy (non-hydrogen) atoms. The fourth-order valence-electron chi connectivity index (χ4n) is 5.89. The van der Waals surface area contributed by atoms with Crippen LogP contribution in [0.4, 0.5) is 0 Å². The summed E-state index contributed by atoms with van der Waals surface area (Å²) in [6.45, 7) is 6.47. The summed E-state index contributed by atoms with van der Waals surface area (Å²) in [7, 11) is 0. The molecule has 0 spiro atoms. The highest BCUT2D eigenvalue weighted by Gasteiger charge is 2.19. The Morgan fingerprint density at radius 3 is 1.21 bits per heavy atom. The number of carbonyl (C=O) groups excluding carboxylic acids is 3. The fourth-order valence-corrected chi connectivity index (χ4v) is 5.89. The number of carbonyl (C=O) groups is 3. The van der Waals surface area contributed by atoms with Gasteiger partial charge in [0.05, 0.1) is 0 Å². The fraction of sp³-hybridized carbons (Fsp3) is 0.766. The highest BCUT2D eigenvalue weighted by Crippen LogP contribution is 2.13. The summed E-state index contributed by atoms with van der Waals surface area (Å²) in [4.78, 5) is 37.6. The Balaban J connectivity index is 4.40. The third kappa shape index (κ3) is 40.4. The first kappa shape index (κ1) is 50.4. The second kappa shape index (κ2) is 42.1. The lowest BCUT2D eigenvalue weighted by molar-refractivity contribution is -0.167. The number of ether oxygens (including phenoxy) is 3. The minimum absolute atomic E-state index is 0.0949. The van der Waals surface area contributed by atoms with E-state index in [1.165, 1.54) is 103 Å². The quantitative estimate of drug-likeness (QED) is 0.0205. The number of hydrogen-bond acceptors (Lipinski definition) is 6. The SMILES string of the molecule is CCCC/C=C\C=C/CCCCCC(=O)OC(COC(=O)CCC/C=C\CCCCCC)COC(=O)CCCCCCCCC/C=C\CCCCCC. The molecule has 1 unspecified atom stereocenters. The number of esters is 3. The van der Waals surface area contributed by atoms with E-state index in [4.69, 9.17) is 14.2 Å². The lowest BCUT2D eigenvalue weighted by Crippen LogP contribution is -2.30. The molecule has 0 radical (unpaired) electrons. The molecule has 0 heterocycles.